The number of aliphatic hydroxyl groups excluding tert-OH is 1. The average molecular weight is 154 g/mol. The molecule has 0 amide bonds. The van der Waals surface area contributed by atoms with Crippen LogP contribution in [-0.4, -0.2) is 22.3 Å². The molecular weight excluding hydrogens is 140 g/mol. The molecule has 1 aromatic heterocycles. The van der Waals surface area contributed by atoms with E-state index in [0.717, 1.165) is 6.42 Å². The minimum absolute atomic E-state index is 0.0505. The lowest BCUT2D eigenvalue weighted by molar-refractivity contribution is 0.265. The second kappa shape index (κ2) is 3.55. The van der Waals surface area contributed by atoms with Crippen molar-refractivity contribution in [2.45, 2.75) is 12.5 Å². The quantitative estimate of drug-likeness (QED) is 0.638. The number of aromatic nitrogens is 1. The van der Waals surface area contributed by atoms with Gasteiger partial charge in [-0.15, -0.1) is 0 Å². The third-order valence-electron chi connectivity index (χ3n) is 1.63. The topological polar surface area (TPSA) is 51.2 Å². The summed E-state index contributed by atoms with van der Waals surface area (Å²) >= 11 is 0. The van der Waals surface area contributed by atoms with Gasteiger partial charge in [0, 0.05) is 25.5 Å². The third-order valence-corrected chi connectivity index (χ3v) is 1.63. The van der Waals surface area contributed by atoms with Crippen LogP contribution in [-0.2, 0) is 13.5 Å². The van der Waals surface area contributed by atoms with E-state index in [-0.39, 0.29) is 12.6 Å². The molecule has 0 fully saturated rings. The molecule has 1 atom stereocenters. The maximum absolute atomic E-state index is 8.67. The Balaban J connectivity index is 2.50. The molecule has 1 aromatic rings. The van der Waals surface area contributed by atoms with Crippen LogP contribution in [0.15, 0.2) is 18.5 Å². The first kappa shape index (κ1) is 8.30. The van der Waals surface area contributed by atoms with E-state index >= 15 is 0 Å². The maximum atomic E-state index is 8.67. The van der Waals surface area contributed by atoms with Gasteiger partial charge in [-0.2, -0.15) is 0 Å². The van der Waals surface area contributed by atoms with Crippen molar-refractivity contribution >= 4 is 0 Å². The van der Waals surface area contributed by atoms with Crippen molar-refractivity contribution in [3.63, 3.8) is 0 Å². The lowest BCUT2D eigenvalue weighted by Gasteiger charge is -2.04. The zero-order valence-corrected chi connectivity index (χ0v) is 6.70. The van der Waals surface area contributed by atoms with Gasteiger partial charge in [0.1, 0.15) is 0 Å². The van der Waals surface area contributed by atoms with Gasteiger partial charge >= 0.3 is 0 Å². The average Bonchev–Trinajstić information content (AvgIpc) is 2.35. The van der Waals surface area contributed by atoms with Crippen LogP contribution in [0.25, 0.3) is 0 Å². The Kier molecular flexibility index (Phi) is 2.68. The molecule has 0 aliphatic carbocycles. The van der Waals surface area contributed by atoms with Gasteiger partial charge < -0.3 is 15.4 Å². The minimum atomic E-state index is -0.127. The Bertz CT molecular complexity index is 220. The number of hydrogen-bond acceptors (Lipinski definition) is 2. The highest BCUT2D eigenvalue weighted by Gasteiger charge is 2.02. The monoisotopic (exact) mass is 154 g/mol. The number of aliphatic hydroxyl groups is 1. The van der Waals surface area contributed by atoms with Gasteiger partial charge in [0.2, 0.25) is 0 Å². The second-order valence-electron chi connectivity index (χ2n) is 2.83. The molecule has 0 radical (unpaired) electrons. The Hall–Kier alpha value is -0.800. The number of hydrogen-bond donors (Lipinski definition) is 2. The lowest BCUT2D eigenvalue weighted by Crippen LogP contribution is -2.26. The van der Waals surface area contributed by atoms with Crippen LogP contribution < -0.4 is 5.73 Å². The zero-order chi connectivity index (χ0) is 8.27. The maximum Gasteiger partial charge on any atom is 0.0585 e. The molecular formula is C8H14N2O. The van der Waals surface area contributed by atoms with Crippen LogP contribution in [0, 0.1) is 0 Å². The van der Waals surface area contributed by atoms with E-state index in [0.29, 0.717) is 0 Å². The van der Waals surface area contributed by atoms with Gasteiger partial charge in [-0.25, -0.2) is 0 Å². The fourth-order valence-electron chi connectivity index (χ4n) is 1.05. The van der Waals surface area contributed by atoms with E-state index in [1.54, 1.807) is 0 Å². The third kappa shape index (κ3) is 2.37. The van der Waals surface area contributed by atoms with Crippen molar-refractivity contribution in [3.8, 4) is 0 Å². The van der Waals surface area contributed by atoms with Gasteiger partial charge in [0.05, 0.1) is 6.61 Å². The number of aryl methyl sites for hydroxylation is 1. The van der Waals surface area contributed by atoms with Crippen molar-refractivity contribution in [3.05, 3.63) is 24.0 Å². The lowest BCUT2D eigenvalue weighted by atomic mass is 10.1. The van der Waals surface area contributed by atoms with Crippen molar-refractivity contribution in [2.24, 2.45) is 12.8 Å². The van der Waals surface area contributed by atoms with E-state index in [4.69, 9.17) is 10.8 Å². The molecule has 62 valence electrons. The SMILES string of the molecule is Cn1ccc(CC(N)CO)c1. The Morgan fingerprint density at radius 1 is 1.73 bits per heavy atom. The Morgan fingerprint density at radius 2 is 2.45 bits per heavy atom. The molecule has 0 saturated carbocycles. The van der Waals surface area contributed by atoms with Crippen LogP contribution in [0.4, 0.5) is 0 Å². The summed E-state index contributed by atoms with van der Waals surface area (Å²) in [6, 6.07) is 1.88. The summed E-state index contributed by atoms with van der Waals surface area (Å²) in [5.74, 6) is 0. The van der Waals surface area contributed by atoms with E-state index in [9.17, 15) is 0 Å². The fourth-order valence-corrected chi connectivity index (χ4v) is 1.05. The Labute approximate surface area is 66.4 Å². The molecule has 3 N–H and O–H groups in total. The van der Waals surface area contributed by atoms with Crippen molar-refractivity contribution in [1.29, 1.82) is 0 Å². The van der Waals surface area contributed by atoms with Crippen molar-refractivity contribution in [1.82, 2.24) is 4.57 Å². The van der Waals surface area contributed by atoms with Crippen LogP contribution in [0.5, 0.6) is 0 Å². The van der Waals surface area contributed by atoms with E-state index in [1.807, 2.05) is 30.1 Å². The van der Waals surface area contributed by atoms with Gasteiger partial charge in [-0.1, -0.05) is 0 Å². The van der Waals surface area contributed by atoms with Crippen LogP contribution in [0.1, 0.15) is 5.56 Å². The first-order valence-electron chi connectivity index (χ1n) is 3.69. The summed E-state index contributed by atoms with van der Waals surface area (Å²) in [7, 11) is 1.97. The summed E-state index contributed by atoms with van der Waals surface area (Å²) in [5.41, 5.74) is 6.73. The molecule has 0 spiro atoms. The summed E-state index contributed by atoms with van der Waals surface area (Å²) < 4.78 is 1.97. The number of nitrogens with zero attached hydrogens (tertiary/aromatic N) is 1. The normalized spacial score (nSPS) is 13.4. The van der Waals surface area contributed by atoms with Gasteiger partial charge in [-0.3, -0.25) is 0 Å². The summed E-state index contributed by atoms with van der Waals surface area (Å²) in [4.78, 5) is 0. The molecule has 1 heterocycles. The number of nitrogens with two attached hydrogens (primary N) is 1. The highest BCUT2D eigenvalue weighted by atomic mass is 16.3. The second-order valence-corrected chi connectivity index (χ2v) is 2.83. The smallest absolute Gasteiger partial charge is 0.0585 e. The van der Waals surface area contributed by atoms with Crippen LogP contribution >= 0.6 is 0 Å². The van der Waals surface area contributed by atoms with Crippen LogP contribution in [0.3, 0.4) is 0 Å². The minimum Gasteiger partial charge on any atom is -0.395 e. The largest absolute Gasteiger partial charge is 0.395 e. The molecule has 3 heteroatoms. The van der Waals surface area contributed by atoms with E-state index < -0.39 is 0 Å². The van der Waals surface area contributed by atoms with E-state index in [1.165, 1.54) is 5.56 Å². The Morgan fingerprint density at radius 3 is 2.91 bits per heavy atom. The molecule has 1 unspecified atom stereocenters. The molecule has 0 saturated heterocycles. The van der Waals surface area contributed by atoms with Gasteiger partial charge in [-0.05, 0) is 18.1 Å². The highest BCUT2D eigenvalue weighted by Crippen LogP contribution is 2.01. The highest BCUT2D eigenvalue weighted by molar-refractivity contribution is 5.11. The molecule has 11 heavy (non-hydrogen) atoms. The summed E-state index contributed by atoms with van der Waals surface area (Å²) in [6.45, 7) is 0.0505. The molecule has 3 nitrogen and oxygen atoms in total. The molecule has 0 aromatic carbocycles. The van der Waals surface area contributed by atoms with Crippen molar-refractivity contribution in [2.75, 3.05) is 6.61 Å². The predicted molar refractivity (Wildman–Crippen MR) is 44.2 cm³/mol. The van der Waals surface area contributed by atoms with Crippen LogP contribution in [0.2, 0.25) is 0 Å². The van der Waals surface area contributed by atoms with E-state index in [2.05, 4.69) is 0 Å². The summed E-state index contributed by atoms with van der Waals surface area (Å²) in [6.07, 6.45) is 4.73. The zero-order valence-electron chi connectivity index (χ0n) is 6.70. The molecule has 1 rings (SSSR count). The first-order chi connectivity index (χ1) is 5.22. The standard InChI is InChI=1S/C8H14N2O/c1-10-3-2-7(5-10)4-8(9)6-11/h2-3,5,8,11H,4,6,9H2,1H3. The fraction of sp³-hybridized carbons (Fsp3) is 0.500. The number of rotatable bonds is 3. The predicted octanol–water partition coefficient (Wildman–Crippen LogP) is -0.113. The molecule has 0 aliphatic rings. The molecule has 0 bridgehead atoms. The van der Waals surface area contributed by atoms with Gasteiger partial charge in [0.15, 0.2) is 0 Å². The molecule has 0 aliphatic heterocycles. The van der Waals surface area contributed by atoms with Gasteiger partial charge in [0.25, 0.3) is 0 Å². The summed E-state index contributed by atoms with van der Waals surface area (Å²) in [5, 5.41) is 8.67. The first-order valence-corrected chi connectivity index (χ1v) is 3.69. The van der Waals surface area contributed by atoms with Crippen molar-refractivity contribution < 1.29 is 5.11 Å².